The van der Waals surface area contributed by atoms with E-state index in [9.17, 15) is 4.79 Å². The summed E-state index contributed by atoms with van der Waals surface area (Å²) in [5.74, 6) is 3.55. The number of piperidine rings is 1. The molecule has 1 unspecified atom stereocenters. The van der Waals surface area contributed by atoms with Crippen LogP contribution in [0.3, 0.4) is 0 Å². The van der Waals surface area contributed by atoms with Crippen LogP contribution in [0.5, 0.6) is 0 Å². The van der Waals surface area contributed by atoms with Crippen molar-refractivity contribution in [3.63, 3.8) is 0 Å². The fraction of sp³-hybridized carbons (Fsp3) is 0.650. The van der Waals surface area contributed by atoms with Crippen molar-refractivity contribution in [1.82, 2.24) is 19.9 Å². The van der Waals surface area contributed by atoms with Crippen LogP contribution in [0.4, 0.5) is 0 Å². The van der Waals surface area contributed by atoms with E-state index in [2.05, 4.69) is 15.0 Å². The number of hydrogen-bond acceptors (Lipinski definition) is 6. The maximum atomic E-state index is 12.3. The van der Waals surface area contributed by atoms with Crippen LogP contribution in [0.2, 0.25) is 0 Å². The molecule has 0 aromatic carbocycles. The number of likely N-dealkylation sites (tertiary alicyclic amines) is 1. The van der Waals surface area contributed by atoms with Gasteiger partial charge in [-0.05, 0) is 38.4 Å². The molecule has 148 valence electrons. The second kappa shape index (κ2) is 8.69. The van der Waals surface area contributed by atoms with Gasteiger partial charge in [0.15, 0.2) is 5.82 Å². The average molecular weight is 374 g/mol. The highest BCUT2D eigenvalue weighted by atomic mass is 16.5. The van der Waals surface area contributed by atoms with Crippen LogP contribution in [0.15, 0.2) is 21.1 Å². The van der Waals surface area contributed by atoms with E-state index in [1.807, 2.05) is 37.8 Å². The van der Waals surface area contributed by atoms with Crippen LogP contribution in [0.25, 0.3) is 0 Å². The Kier molecular flexibility index (Phi) is 6.31. The Hall–Kier alpha value is -2.15. The average Bonchev–Trinajstić information content (AvgIpc) is 3.24. The molecule has 3 rings (SSSR count). The van der Waals surface area contributed by atoms with E-state index < -0.39 is 0 Å². The highest BCUT2D eigenvalue weighted by molar-refractivity contribution is 5.73. The van der Waals surface area contributed by atoms with E-state index in [0.717, 1.165) is 44.0 Å². The van der Waals surface area contributed by atoms with Crippen molar-refractivity contribution < 1.29 is 13.7 Å². The minimum Gasteiger partial charge on any atom is -0.465 e. The predicted molar refractivity (Wildman–Crippen MR) is 101 cm³/mol. The number of aryl methyl sites for hydroxylation is 1. The lowest BCUT2D eigenvalue weighted by molar-refractivity contribution is -0.132. The molecule has 3 heterocycles. The van der Waals surface area contributed by atoms with Crippen LogP contribution in [0, 0.1) is 6.92 Å². The van der Waals surface area contributed by atoms with Gasteiger partial charge in [0, 0.05) is 38.4 Å². The number of amides is 1. The van der Waals surface area contributed by atoms with E-state index in [1.54, 1.807) is 6.92 Å². The molecule has 7 nitrogen and oxygen atoms in total. The third-order valence-electron chi connectivity index (χ3n) is 5.06. The molecule has 2 aromatic rings. The summed E-state index contributed by atoms with van der Waals surface area (Å²) in [6.07, 6.45) is 2.72. The molecular formula is C20H30N4O3. The zero-order chi connectivity index (χ0) is 19.4. The minimum absolute atomic E-state index is 0.100. The first-order valence-corrected chi connectivity index (χ1v) is 9.79. The van der Waals surface area contributed by atoms with Crippen LogP contribution in [-0.2, 0) is 17.8 Å². The zero-order valence-electron chi connectivity index (χ0n) is 16.8. The van der Waals surface area contributed by atoms with E-state index in [0.29, 0.717) is 24.7 Å². The Balaban J connectivity index is 1.58. The van der Waals surface area contributed by atoms with Gasteiger partial charge in [-0.2, -0.15) is 4.98 Å². The van der Waals surface area contributed by atoms with Crippen molar-refractivity contribution in [1.29, 1.82) is 0 Å². The number of rotatable bonds is 7. The van der Waals surface area contributed by atoms with Crippen LogP contribution in [0.1, 0.15) is 62.8 Å². The topological polar surface area (TPSA) is 75.6 Å². The molecule has 1 aliphatic heterocycles. The van der Waals surface area contributed by atoms with Gasteiger partial charge in [0.05, 0.1) is 6.54 Å². The van der Waals surface area contributed by atoms with Gasteiger partial charge in [-0.3, -0.25) is 9.69 Å². The van der Waals surface area contributed by atoms with Crippen LogP contribution >= 0.6 is 0 Å². The molecule has 27 heavy (non-hydrogen) atoms. The van der Waals surface area contributed by atoms with E-state index >= 15 is 0 Å². The molecule has 0 saturated carbocycles. The number of furan rings is 1. The molecule has 2 aromatic heterocycles. The summed E-state index contributed by atoms with van der Waals surface area (Å²) >= 11 is 0. The maximum Gasteiger partial charge on any atom is 0.229 e. The van der Waals surface area contributed by atoms with E-state index in [-0.39, 0.29) is 17.9 Å². The summed E-state index contributed by atoms with van der Waals surface area (Å²) in [6.45, 7) is 11.0. The molecular weight excluding hydrogens is 344 g/mol. The second-order valence-corrected chi connectivity index (χ2v) is 7.71. The third kappa shape index (κ3) is 5.19. The Morgan fingerprint density at radius 3 is 2.85 bits per heavy atom. The monoisotopic (exact) mass is 374 g/mol. The molecule has 1 fully saturated rings. The number of aromatic nitrogens is 2. The number of carbonyl (C=O) groups excluding carboxylic acids is 1. The van der Waals surface area contributed by atoms with Crippen LogP contribution in [-0.4, -0.2) is 51.5 Å². The Morgan fingerprint density at radius 1 is 1.41 bits per heavy atom. The van der Waals surface area contributed by atoms with Gasteiger partial charge in [-0.1, -0.05) is 19.0 Å². The number of nitrogens with zero attached hydrogens (tertiary/aromatic N) is 4. The van der Waals surface area contributed by atoms with E-state index in [1.165, 1.54) is 0 Å². The molecule has 1 atom stereocenters. The first-order valence-electron chi connectivity index (χ1n) is 9.79. The highest BCUT2D eigenvalue weighted by Crippen LogP contribution is 2.20. The van der Waals surface area contributed by atoms with Crippen molar-refractivity contribution in [2.24, 2.45) is 0 Å². The third-order valence-corrected chi connectivity index (χ3v) is 5.06. The number of hydrogen-bond donors (Lipinski definition) is 0. The van der Waals surface area contributed by atoms with Crippen molar-refractivity contribution >= 4 is 5.91 Å². The molecule has 0 aliphatic carbocycles. The van der Waals surface area contributed by atoms with Gasteiger partial charge >= 0.3 is 0 Å². The van der Waals surface area contributed by atoms with Crippen LogP contribution < -0.4 is 0 Å². The number of carbonyl (C=O) groups is 1. The van der Waals surface area contributed by atoms with Gasteiger partial charge in [-0.25, -0.2) is 0 Å². The first kappa shape index (κ1) is 19.6. The molecule has 1 aliphatic rings. The summed E-state index contributed by atoms with van der Waals surface area (Å²) in [5.41, 5.74) is 0. The van der Waals surface area contributed by atoms with Crippen molar-refractivity contribution in [2.45, 2.75) is 65.5 Å². The van der Waals surface area contributed by atoms with Gasteiger partial charge in [-0.15, -0.1) is 0 Å². The standard InChI is InChI=1S/C20H30N4O3/c1-14(2)20-21-19(22-27-20)9-11-24(16(4)25)17-6-5-10-23(12-17)13-18-8-7-15(3)26-18/h7-8,14,17H,5-6,9-13H2,1-4H3. The quantitative estimate of drug-likeness (QED) is 0.741. The summed E-state index contributed by atoms with van der Waals surface area (Å²) < 4.78 is 11.0. The summed E-state index contributed by atoms with van der Waals surface area (Å²) in [6, 6.07) is 4.24. The molecule has 7 heteroatoms. The van der Waals surface area contributed by atoms with Crippen molar-refractivity contribution in [2.75, 3.05) is 19.6 Å². The molecule has 0 spiro atoms. The fourth-order valence-corrected chi connectivity index (χ4v) is 3.64. The molecule has 1 saturated heterocycles. The predicted octanol–water partition coefficient (Wildman–Crippen LogP) is 3.15. The second-order valence-electron chi connectivity index (χ2n) is 7.71. The smallest absolute Gasteiger partial charge is 0.229 e. The fourth-order valence-electron chi connectivity index (χ4n) is 3.64. The maximum absolute atomic E-state index is 12.3. The van der Waals surface area contributed by atoms with Gasteiger partial charge < -0.3 is 13.8 Å². The normalized spacial score (nSPS) is 18.2. The molecule has 0 bridgehead atoms. The van der Waals surface area contributed by atoms with Crippen molar-refractivity contribution in [3.8, 4) is 0 Å². The Morgan fingerprint density at radius 2 is 2.22 bits per heavy atom. The largest absolute Gasteiger partial charge is 0.465 e. The zero-order valence-corrected chi connectivity index (χ0v) is 16.8. The Labute approximate surface area is 160 Å². The summed E-state index contributed by atoms with van der Waals surface area (Å²) in [5, 5.41) is 4.04. The molecule has 1 amide bonds. The lowest BCUT2D eigenvalue weighted by Gasteiger charge is -2.38. The summed E-state index contributed by atoms with van der Waals surface area (Å²) in [4.78, 5) is 21.0. The molecule has 0 N–H and O–H groups in total. The summed E-state index contributed by atoms with van der Waals surface area (Å²) in [7, 11) is 0. The van der Waals surface area contributed by atoms with Gasteiger partial charge in [0.1, 0.15) is 11.5 Å². The first-order chi connectivity index (χ1) is 12.9. The van der Waals surface area contributed by atoms with E-state index in [4.69, 9.17) is 8.94 Å². The van der Waals surface area contributed by atoms with Gasteiger partial charge in [0.2, 0.25) is 11.8 Å². The van der Waals surface area contributed by atoms with Gasteiger partial charge in [0.25, 0.3) is 0 Å². The lowest BCUT2D eigenvalue weighted by atomic mass is 10.0. The Bertz CT molecular complexity index is 752. The lowest BCUT2D eigenvalue weighted by Crippen LogP contribution is -2.50. The molecule has 0 radical (unpaired) electrons. The minimum atomic E-state index is 0.100. The van der Waals surface area contributed by atoms with Crippen molar-refractivity contribution in [3.05, 3.63) is 35.4 Å². The highest BCUT2D eigenvalue weighted by Gasteiger charge is 2.27. The SMILES string of the molecule is CC(=O)N(CCc1noc(C(C)C)n1)C1CCCN(Cc2ccc(C)o2)C1.